The monoisotopic (exact) mass is 415 g/mol. The van der Waals surface area contributed by atoms with Gasteiger partial charge in [-0.3, -0.25) is 9.59 Å². The van der Waals surface area contributed by atoms with Crippen molar-refractivity contribution in [2.75, 3.05) is 17.3 Å². The van der Waals surface area contributed by atoms with Crippen LogP contribution in [0.1, 0.15) is 20.7 Å². The van der Waals surface area contributed by atoms with Crippen LogP contribution in [0.15, 0.2) is 60.8 Å². The van der Waals surface area contributed by atoms with Crippen LogP contribution in [0.3, 0.4) is 0 Å². The van der Waals surface area contributed by atoms with E-state index in [0.29, 0.717) is 27.1 Å². The van der Waals surface area contributed by atoms with Crippen LogP contribution >= 0.6 is 23.2 Å². The SMILES string of the molecule is CN(C(=O)c1ccc(O)cc1)c1ccc(Cl)cc1C(=O)Nc1ccc(Cl)cn1. The molecule has 0 atom stereocenters. The van der Waals surface area contributed by atoms with Gasteiger partial charge in [0.05, 0.1) is 16.3 Å². The molecule has 0 aliphatic rings. The van der Waals surface area contributed by atoms with Crippen molar-refractivity contribution in [1.29, 1.82) is 0 Å². The Morgan fingerprint density at radius 2 is 1.68 bits per heavy atom. The first-order valence-corrected chi connectivity index (χ1v) is 8.90. The molecule has 3 rings (SSSR count). The molecular weight excluding hydrogens is 401 g/mol. The Balaban J connectivity index is 1.91. The minimum absolute atomic E-state index is 0.0567. The number of hydrogen-bond donors (Lipinski definition) is 2. The molecule has 0 spiro atoms. The van der Waals surface area contributed by atoms with E-state index in [1.165, 1.54) is 41.4 Å². The smallest absolute Gasteiger partial charge is 0.258 e. The summed E-state index contributed by atoms with van der Waals surface area (Å²) in [5.41, 5.74) is 0.939. The van der Waals surface area contributed by atoms with Gasteiger partial charge in [-0.15, -0.1) is 0 Å². The van der Waals surface area contributed by atoms with E-state index in [1.54, 1.807) is 31.3 Å². The van der Waals surface area contributed by atoms with Crippen LogP contribution in [0.2, 0.25) is 10.0 Å². The molecule has 0 saturated carbocycles. The Morgan fingerprint density at radius 1 is 1.00 bits per heavy atom. The van der Waals surface area contributed by atoms with Crippen molar-refractivity contribution in [2.45, 2.75) is 0 Å². The summed E-state index contributed by atoms with van der Waals surface area (Å²) in [7, 11) is 1.55. The standard InChI is InChI=1S/C20H15Cl2N3O3/c1-25(20(28)12-2-6-15(26)7-3-12)17-8-4-13(21)10-16(17)19(27)24-18-9-5-14(22)11-23-18/h2-11,26H,1H3,(H,23,24,27). The van der Waals surface area contributed by atoms with Crippen LogP contribution in [-0.2, 0) is 0 Å². The van der Waals surface area contributed by atoms with Gasteiger partial charge in [0.2, 0.25) is 0 Å². The number of carbonyl (C=O) groups excluding carboxylic acids is 2. The number of phenolic OH excluding ortho intramolecular Hbond substituents is 1. The Bertz CT molecular complexity index is 1020. The molecular formula is C20H15Cl2N3O3. The predicted molar refractivity (Wildman–Crippen MR) is 109 cm³/mol. The number of nitrogens with zero attached hydrogens (tertiary/aromatic N) is 2. The van der Waals surface area contributed by atoms with Gasteiger partial charge in [0, 0.05) is 23.8 Å². The van der Waals surface area contributed by atoms with E-state index in [-0.39, 0.29) is 17.2 Å². The minimum Gasteiger partial charge on any atom is -0.508 e. The summed E-state index contributed by atoms with van der Waals surface area (Å²) in [6.07, 6.45) is 1.41. The first kappa shape index (κ1) is 19.7. The lowest BCUT2D eigenvalue weighted by Gasteiger charge is -2.21. The quantitative estimate of drug-likeness (QED) is 0.650. The van der Waals surface area contributed by atoms with E-state index in [9.17, 15) is 14.7 Å². The molecule has 0 aliphatic carbocycles. The van der Waals surface area contributed by atoms with Gasteiger partial charge in [0.25, 0.3) is 11.8 Å². The van der Waals surface area contributed by atoms with E-state index >= 15 is 0 Å². The van der Waals surface area contributed by atoms with Crippen molar-refractivity contribution in [3.63, 3.8) is 0 Å². The highest BCUT2D eigenvalue weighted by Crippen LogP contribution is 2.26. The molecule has 2 amide bonds. The zero-order valence-corrected chi connectivity index (χ0v) is 16.2. The van der Waals surface area contributed by atoms with E-state index in [4.69, 9.17) is 23.2 Å². The van der Waals surface area contributed by atoms with E-state index in [1.807, 2.05) is 0 Å². The molecule has 0 radical (unpaired) electrons. The molecule has 28 heavy (non-hydrogen) atoms. The average Bonchev–Trinajstić information content (AvgIpc) is 2.69. The third-order valence-corrected chi connectivity index (χ3v) is 4.41. The number of benzene rings is 2. The number of amides is 2. The average molecular weight is 416 g/mol. The molecule has 0 fully saturated rings. The minimum atomic E-state index is -0.474. The molecule has 8 heteroatoms. The largest absolute Gasteiger partial charge is 0.508 e. The van der Waals surface area contributed by atoms with Gasteiger partial charge in [-0.05, 0) is 54.6 Å². The van der Waals surface area contributed by atoms with Gasteiger partial charge in [-0.2, -0.15) is 0 Å². The second-order valence-corrected chi connectivity index (χ2v) is 6.76. The van der Waals surface area contributed by atoms with Gasteiger partial charge in [-0.25, -0.2) is 4.98 Å². The third-order valence-electron chi connectivity index (χ3n) is 3.95. The maximum Gasteiger partial charge on any atom is 0.258 e. The van der Waals surface area contributed by atoms with Crippen molar-refractivity contribution in [1.82, 2.24) is 4.98 Å². The van der Waals surface area contributed by atoms with Gasteiger partial charge in [0.1, 0.15) is 11.6 Å². The summed E-state index contributed by atoms with van der Waals surface area (Å²) >= 11 is 11.9. The van der Waals surface area contributed by atoms with Crippen LogP contribution < -0.4 is 10.2 Å². The highest BCUT2D eigenvalue weighted by atomic mass is 35.5. The zero-order valence-electron chi connectivity index (χ0n) is 14.7. The molecule has 142 valence electrons. The maximum atomic E-state index is 12.8. The first-order chi connectivity index (χ1) is 13.3. The molecule has 3 aromatic rings. The summed E-state index contributed by atoms with van der Waals surface area (Å²) in [5.74, 6) is -0.451. The summed E-state index contributed by atoms with van der Waals surface area (Å²) in [6, 6.07) is 13.7. The van der Waals surface area contributed by atoms with Gasteiger partial charge in [0.15, 0.2) is 0 Å². The van der Waals surface area contributed by atoms with E-state index < -0.39 is 5.91 Å². The normalized spacial score (nSPS) is 10.4. The number of nitrogens with one attached hydrogen (secondary N) is 1. The number of phenols is 1. The van der Waals surface area contributed by atoms with E-state index in [2.05, 4.69) is 10.3 Å². The number of pyridine rings is 1. The molecule has 2 aromatic carbocycles. The molecule has 1 heterocycles. The predicted octanol–water partition coefficient (Wildman–Crippen LogP) is 4.62. The fraction of sp³-hybridized carbons (Fsp3) is 0.0500. The number of carbonyl (C=O) groups is 2. The lowest BCUT2D eigenvalue weighted by Crippen LogP contribution is -2.28. The Kier molecular flexibility index (Phi) is 5.82. The lowest BCUT2D eigenvalue weighted by molar-refractivity contribution is 0.0993. The van der Waals surface area contributed by atoms with Crippen molar-refractivity contribution in [3.05, 3.63) is 82.0 Å². The van der Waals surface area contributed by atoms with Crippen LogP contribution in [0, 0.1) is 0 Å². The van der Waals surface area contributed by atoms with Crippen LogP contribution in [0.4, 0.5) is 11.5 Å². The summed E-state index contributed by atoms with van der Waals surface area (Å²) < 4.78 is 0. The molecule has 0 aliphatic heterocycles. The number of halogens is 2. The molecule has 1 aromatic heterocycles. The fourth-order valence-corrected chi connectivity index (χ4v) is 2.81. The number of hydrogen-bond acceptors (Lipinski definition) is 4. The Hall–Kier alpha value is -3.09. The topological polar surface area (TPSA) is 82.5 Å². The van der Waals surface area contributed by atoms with Gasteiger partial charge >= 0.3 is 0 Å². The van der Waals surface area contributed by atoms with Crippen LogP contribution in [-0.4, -0.2) is 29.0 Å². The summed E-state index contributed by atoms with van der Waals surface area (Å²) in [4.78, 5) is 30.9. The fourth-order valence-electron chi connectivity index (χ4n) is 2.52. The number of anilines is 2. The lowest BCUT2D eigenvalue weighted by atomic mass is 10.1. The van der Waals surface area contributed by atoms with Crippen molar-refractivity contribution >= 4 is 46.5 Å². The molecule has 0 unspecified atom stereocenters. The molecule has 0 bridgehead atoms. The third kappa shape index (κ3) is 4.42. The van der Waals surface area contributed by atoms with Crippen molar-refractivity contribution < 1.29 is 14.7 Å². The van der Waals surface area contributed by atoms with E-state index in [0.717, 1.165) is 0 Å². The van der Waals surface area contributed by atoms with Crippen LogP contribution in [0.5, 0.6) is 5.75 Å². The first-order valence-electron chi connectivity index (χ1n) is 8.14. The highest BCUT2D eigenvalue weighted by molar-refractivity contribution is 6.31. The molecule has 0 saturated heterocycles. The van der Waals surface area contributed by atoms with Gasteiger partial charge < -0.3 is 15.3 Å². The zero-order chi connectivity index (χ0) is 20.3. The molecule has 2 N–H and O–H groups in total. The second kappa shape index (κ2) is 8.29. The van der Waals surface area contributed by atoms with Crippen molar-refractivity contribution in [2.24, 2.45) is 0 Å². The Morgan fingerprint density at radius 3 is 2.32 bits per heavy atom. The Labute approximate surface area is 171 Å². The van der Waals surface area contributed by atoms with Crippen molar-refractivity contribution in [3.8, 4) is 5.75 Å². The number of aromatic hydroxyl groups is 1. The number of aromatic nitrogens is 1. The molecule has 6 nitrogen and oxygen atoms in total. The van der Waals surface area contributed by atoms with Gasteiger partial charge in [-0.1, -0.05) is 23.2 Å². The summed E-state index contributed by atoms with van der Waals surface area (Å²) in [5, 5.41) is 12.8. The maximum absolute atomic E-state index is 12.8. The second-order valence-electron chi connectivity index (χ2n) is 5.89. The summed E-state index contributed by atoms with van der Waals surface area (Å²) in [6.45, 7) is 0. The highest BCUT2D eigenvalue weighted by Gasteiger charge is 2.21. The van der Waals surface area contributed by atoms with Crippen LogP contribution in [0.25, 0.3) is 0 Å². The number of rotatable bonds is 4.